The lowest BCUT2D eigenvalue weighted by molar-refractivity contribution is 0.101. The van der Waals surface area contributed by atoms with Crippen molar-refractivity contribution in [3.05, 3.63) is 101 Å². The summed E-state index contributed by atoms with van der Waals surface area (Å²) in [4.78, 5) is 12.9. The predicted octanol–water partition coefficient (Wildman–Crippen LogP) is 6.00. The summed E-state index contributed by atoms with van der Waals surface area (Å²) in [5.74, 6) is 0.930. The zero-order valence-corrected chi connectivity index (χ0v) is 17.0. The van der Waals surface area contributed by atoms with Crippen LogP contribution in [-0.4, -0.2) is 10.4 Å². The first-order chi connectivity index (χ1) is 15.1. The molecule has 0 amide bonds. The van der Waals surface area contributed by atoms with Gasteiger partial charge in [-0.25, -0.2) is 4.39 Å². The van der Waals surface area contributed by atoms with E-state index >= 15 is 0 Å². The van der Waals surface area contributed by atoms with Gasteiger partial charge in [0.15, 0.2) is 5.76 Å². The number of aromatic nitrogens is 1. The van der Waals surface area contributed by atoms with Gasteiger partial charge >= 0.3 is 0 Å². The third kappa shape index (κ3) is 3.59. The zero-order valence-electron chi connectivity index (χ0n) is 17.0. The highest BCUT2D eigenvalue weighted by Gasteiger charge is 2.28. The first-order valence-corrected chi connectivity index (χ1v) is 10.2. The van der Waals surface area contributed by atoms with E-state index in [4.69, 9.17) is 9.47 Å². The molecule has 0 saturated carbocycles. The van der Waals surface area contributed by atoms with Crippen molar-refractivity contribution in [1.29, 1.82) is 0 Å². The maximum absolute atomic E-state index is 13.0. The first kappa shape index (κ1) is 19.1. The predicted molar refractivity (Wildman–Crippen MR) is 118 cm³/mol. The number of hydrogen-bond acceptors (Lipinski definition) is 3. The Labute approximate surface area is 179 Å². The third-order valence-corrected chi connectivity index (χ3v) is 5.41. The van der Waals surface area contributed by atoms with Crippen molar-refractivity contribution in [1.82, 2.24) is 4.57 Å². The number of benzene rings is 3. The quantitative estimate of drug-likeness (QED) is 0.377. The van der Waals surface area contributed by atoms with Crippen molar-refractivity contribution in [2.75, 3.05) is 0 Å². The van der Waals surface area contributed by atoms with Gasteiger partial charge in [-0.2, -0.15) is 0 Å². The minimum absolute atomic E-state index is 0.145. The highest BCUT2D eigenvalue weighted by Crippen LogP contribution is 2.36. The van der Waals surface area contributed by atoms with E-state index in [1.807, 2.05) is 24.4 Å². The second-order valence-electron chi connectivity index (χ2n) is 7.40. The van der Waals surface area contributed by atoms with Crippen LogP contribution in [0.3, 0.4) is 0 Å². The molecule has 0 unspecified atom stereocenters. The summed E-state index contributed by atoms with van der Waals surface area (Å²) >= 11 is 0. The number of nitrogens with zero attached hydrogens (tertiary/aromatic N) is 1. The van der Waals surface area contributed by atoms with Gasteiger partial charge < -0.3 is 14.0 Å². The van der Waals surface area contributed by atoms with Crippen LogP contribution in [0.2, 0.25) is 0 Å². The van der Waals surface area contributed by atoms with E-state index in [-0.39, 0.29) is 11.6 Å². The molecule has 1 aromatic heterocycles. The monoisotopic (exact) mass is 413 g/mol. The third-order valence-electron chi connectivity index (χ3n) is 5.41. The van der Waals surface area contributed by atoms with Crippen molar-refractivity contribution >= 4 is 22.8 Å². The minimum atomic E-state index is -0.283. The van der Waals surface area contributed by atoms with Gasteiger partial charge in [0.25, 0.3) is 0 Å². The van der Waals surface area contributed by atoms with Gasteiger partial charge in [0.2, 0.25) is 5.78 Å². The Morgan fingerprint density at radius 2 is 1.87 bits per heavy atom. The maximum atomic E-state index is 13.0. The normalized spacial score (nSPS) is 14.1. The van der Waals surface area contributed by atoms with Gasteiger partial charge in [-0.15, -0.1) is 0 Å². The maximum Gasteiger partial charge on any atom is 0.231 e. The second-order valence-corrected chi connectivity index (χ2v) is 7.40. The van der Waals surface area contributed by atoms with Crippen LogP contribution in [-0.2, 0) is 13.2 Å². The van der Waals surface area contributed by atoms with Crippen LogP contribution in [0.4, 0.5) is 4.39 Å². The molecule has 1 aliphatic rings. The van der Waals surface area contributed by atoms with E-state index in [9.17, 15) is 9.18 Å². The number of rotatable bonds is 5. The van der Waals surface area contributed by atoms with Crippen molar-refractivity contribution in [3.63, 3.8) is 0 Å². The Bertz CT molecular complexity index is 1320. The number of carbonyl (C=O) groups excluding carboxylic acids is 1. The molecular weight excluding hydrogens is 393 g/mol. The lowest BCUT2D eigenvalue weighted by atomic mass is 10.1. The number of carbonyl (C=O) groups is 1. The molecule has 0 spiro atoms. The Hall–Kier alpha value is -3.86. The molecule has 5 rings (SSSR count). The van der Waals surface area contributed by atoms with Crippen LogP contribution >= 0.6 is 0 Å². The molecule has 154 valence electrons. The Balaban J connectivity index is 1.39. The van der Waals surface area contributed by atoms with Gasteiger partial charge in [-0.05, 0) is 48.9 Å². The molecule has 0 atom stereocenters. The van der Waals surface area contributed by atoms with Crippen molar-refractivity contribution < 1.29 is 18.7 Å². The summed E-state index contributed by atoms with van der Waals surface area (Å²) in [6.07, 6.45) is 3.84. The molecule has 0 radical (unpaired) electrons. The standard InChI is InChI=1S/C26H20FNO3/c1-2-28-15-18(21-5-3-4-6-23(21)28)13-25-26(29)22-12-11-20(14-24(22)31-25)30-16-17-7-9-19(27)10-8-17/h3-15H,2,16H2,1H3/b25-13-. The number of fused-ring (bicyclic) bond motifs is 2. The summed E-state index contributed by atoms with van der Waals surface area (Å²) in [5.41, 5.74) is 3.43. The van der Waals surface area contributed by atoms with Gasteiger partial charge in [0, 0.05) is 35.3 Å². The zero-order chi connectivity index (χ0) is 21.4. The Morgan fingerprint density at radius 3 is 2.68 bits per heavy atom. The largest absolute Gasteiger partial charge is 0.489 e. The van der Waals surface area contributed by atoms with Crippen molar-refractivity contribution in [3.8, 4) is 11.5 Å². The van der Waals surface area contributed by atoms with E-state index in [1.54, 1.807) is 36.4 Å². The molecule has 1 aliphatic heterocycles. The number of ether oxygens (including phenoxy) is 2. The van der Waals surface area contributed by atoms with Crippen LogP contribution in [0.5, 0.6) is 11.5 Å². The number of aryl methyl sites for hydroxylation is 1. The van der Waals surface area contributed by atoms with Crippen LogP contribution in [0, 0.1) is 5.82 Å². The molecule has 5 heteroatoms. The van der Waals surface area contributed by atoms with E-state index < -0.39 is 0 Å². The first-order valence-electron chi connectivity index (χ1n) is 10.2. The Morgan fingerprint density at radius 1 is 1.06 bits per heavy atom. The van der Waals surface area contributed by atoms with E-state index in [0.717, 1.165) is 28.6 Å². The summed E-state index contributed by atoms with van der Waals surface area (Å²) < 4.78 is 26.9. The highest BCUT2D eigenvalue weighted by molar-refractivity contribution is 6.15. The number of halogens is 1. The molecule has 0 saturated heterocycles. The number of hydrogen-bond donors (Lipinski definition) is 0. The van der Waals surface area contributed by atoms with Crippen LogP contribution < -0.4 is 9.47 Å². The number of para-hydroxylation sites is 1. The van der Waals surface area contributed by atoms with Crippen molar-refractivity contribution in [2.24, 2.45) is 0 Å². The lowest BCUT2D eigenvalue weighted by Gasteiger charge is -2.07. The fraction of sp³-hybridized carbons (Fsp3) is 0.115. The van der Waals surface area contributed by atoms with Crippen LogP contribution in [0.1, 0.15) is 28.4 Å². The number of ketones is 1. The smallest absolute Gasteiger partial charge is 0.231 e. The fourth-order valence-electron chi connectivity index (χ4n) is 3.80. The number of allylic oxidation sites excluding steroid dienone is 1. The van der Waals surface area contributed by atoms with Gasteiger partial charge in [0.05, 0.1) is 5.56 Å². The molecule has 4 nitrogen and oxygen atoms in total. The molecule has 4 aromatic rings. The molecule has 3 aromatic carbocycles. The molecule has 31 heavy (non-hydrogen) atoms. The average Bonchev–Trinajstić information content (AvgIpc) is 3.31. The summed E-state index contributed by atoms with van der Waals surface area (Å²) in [6, 6.07) is 19.4. The highest BCUT2D eigenvalue weighted by atomic mass is 19.1. The van der Waals surface area contributed by atoms with Gasteiger partial charge in [0.1, 0.15) is 23.9 Å². The molecule has 2 heterocycles. The molecule has 0 N–H and O–H groups in total. The van der Waals surface area contributed by atoms with Crippen molar-refractivity contribution in [2.45, 2.75) is 20.1 Å². The number of Topliss-reactive ketones (excluding diaryl/α,β-unsaturated/α-hetero) is 1. The SMILES string of the molecule is CCn1cc(/C=C2\Oc3cc(OCc4ccc(F)cc4)ccc3C2=O)c2ccccc21. The molecule has 0 fully saturated rings. The van der Waals surface area contributed by atoms with E-state index in [1.165, 1.54) is 12.1 Å². The minimum Gasteiger partial charge on any atom is -0.489 e. The lowest BCUT2D eigenvalue weighted by Crippen LogP contribution is -1.98. The van der Waals surface area contributed by atoms with Gasteiger partial charge in [-0.3, -0.25) is 4.79 Å². The topological polar surface area (TPSA) is 40.5 Å². The fourth-order valence-corrected chi connectivity index (χ4v) is 3.80. The summed E-state index contributed by atoms with van der Waals surface area (Å²) in [6.45, 7) is 3.23. The average molecular weight is 413 g/mol. The molecular formula is C26H20FNO3. The van der Waals surface area contributed by atoms with E-state index in [2.05, 4.69) is 17.6 Å². The van der Waals surface area contributed by atoms with Crippen LogP contribution in [0.25, 0.3) is 17.0 Å². The second kappa shape index (κ2) is 7.76. The van der Waals surface area contributed by atoms with Crippen LogP contribution in [0.15, 0.2) is 78.7 Å². The summed E-state index contributed by atoms with van der Waals surface area (Å²) in [5, 5.41) is 1.08. The summed E-state index contributed by atoms with van der Waals surface area (Å²) in [7, 11) is 0. The Kier molecular flexibility index (Phi) is 4.79. The molecule has 0 aliphatic carbocycles. The van der Waals surface area contributed by atoms with Gasteiger partial charge in [-0.1, -0.05) is 30.3 Å². The molecule has 0 bridgehead atoms. The van der Waals surface area contributed by atoms with E-state index in [0.29, 0.717) is 29.4 Å².